The van der Waals surface area contributed by atoms with Gasteiger partial charge in [0.15, 0.2) is 12.2 Å². The topological polar surface area (TPSA) is 237 Å². The summed E-state index contributed by atoms with van der Waals surface area (Å²) in [6, 6.07) is 0. The van der Waals surface area contributed by atoms with Crippen molar-refractivity contribution >= 4 is 39.5 Å². The molecular weight excluding hydrogens is 1260 g/mol. The Hall–Kier alpha value is -1.94. The van der Waals surface area contributed by atoms with Crippen molar-refractivity contribution in [3.05, 3.63) is 0 Å². The van der Waals surface area contributed by atoms with Crippen molar-refractivity contribution in [2.45, 2.75) is 419 Å². The molecular formula is C77H150O17P2. The number of aliphatic hydroxyl groups excluding tert-OH is 1. The van der Waals surface area contributed by atoms with Crippen LogP contribution in [0.25, 0.3) is 0 Å². The molecule has 2 unspecified atom stereocenters. The van der Waals surface area contributed by atoms with E-state index in [1.807, 2.05) is 0 Å². The van der Waals surface area contributed by atoms with E-state index in [1.165, 1.54) is 212 Å². The van der Waals surface area contributed by atoms with Crippen LogP contribution in [0.2, 0.25) is 0 Å². The molecule has 17 nitrogen and oxygen atoms in total. The average molecular weight is 1410 g/mol. The van der Waals surface area contributed by atoms with Crippen molar-refractivity contribution in [1.29, 1.82) is 0 Å². The summed E-state index contributed by atoms with van der Waals surface area (Å²) in [5, 5.41) is 10.6. The quantitative estimate of drug-likeness (QED) is 0.0222. The molecule has 0 bridgehead atoms. The molecule has 96 heavy (non-hydrogen) atoms. The number of carbonyl (C=O) groups is 4. The summed E-state index contributed by atoms with van der Waals surface area (Å²) in [4.78, 5) is 72.8. The smallest absolute Gasteiger partial charge is 0.462 e. The molecule has 0 fully saturated rings. The lowest BCUT2D eigenvalue weighted by Gasteiger charge is -2.21. The molecule has 0 saturated carbocycles. The molecule has 0 aliphatic rings. The SMILES string of the molecule is CCCCCCCCCCCCCCCCCCCCCC(=O)O[C@H](COC(=O)CCCCCCCCCCCCCCCCC(C)C)COP(=O)(O)OC[C@@H](O)COP(=O)(O)OC[C@@H](COC(=O)CCCCCCCCC(C)C)OC(=O)CCCCCCCCCCCCC. The Bertz CT molecular complexity index is 1860. The minimum Gasteiger partial charge on any atom is -0.462 e. The summed E-state index contributed by atoms with van der Waals surface area (Å²) >= 11 is 0. The maximum atomic E-state index is 13.1. The fraction of sp³-hybridized carbons (Fsp3) is 0.948. The van der Waals surface area contributed by atoms with Crippen LogP contribution in [0.3, 0.4) is 0 Å². The Labute approximate surface area is 588 Å². The molecule has 0 saturated heterocycles. The number of unbranched alkanes of at least 4 members (excludes halogenated alkanes) is 46. The number of carbonyl (C=O) groups excluding carboxylic acids is 4. The highest BCUT2D eigenvalue weighted by atomic mass is 31.2. The van der Waals surface area contributed by atoms with Gasteiger partial charge < -0.3 is 33.8 Å². The summed E-state index contributed by atoms with van der Waals surface area (Å²) in [5.74, 6) is -0.637. The second kappa shape index (κ2) is 68.8. The largest absolute Gasteiger partial charge is 0.472 e. The van der Waals surface area contributed by atoms with Gasteiger partial charge in [-0.2, -0.15) is 0 Å². The third-order valence-electron chi connectivity index (χ3n) is 18.0. The molecule has 0 radical (unpaired) electrons. The number of ether oxygens (including phenoxy) is 4. The van der Waals surface area contributed by atoms with Crippen LogP contribution < -0.4 is 0 Å². The van der Waals surface area contributed by atoms with Gasteiger partial charge in [0, 0.05) is 25.7 Å². The monoisotopic (exact) mass is 1410 g/mol. The molecule has 0 rings (SSSR count). The molecule has 3 N–H and O–H groups in total. The van der Waals surface area contributed by atoms with E-state index in [9.17, 15) is 43.2 Å². The number of hydrogen-bond acceptors (Lipinski definition) is 15. The van der Waals surface area contributed by atoms with E-state index in [0.717, 1.165) is 102 Å². The second-order valence-electron chi connectivity index (χ2n) is 28.7. The lowest BCUT2D eigenvalue weighted by Crippen LogP contribution is -2.30. The predicted octanol–water partition coefficient (Wildman–Crippen LogP) is 22.7. The molecule has 19 heteroatoms. The molecule has 0 aromatic heterocycles. The molecule has 0 aliphatic heterocycles. The first kappa shape index (κ1) is 94.1. The Kier molecular flexibility index (Phi) is 67.4. The molecule has 0 aromatic carbocycles. The van der Waals surface area contributed by atoms with Crippen LogP contribution in [0.5, 0.6) is 0 Å². The van der Waals surface area contributed by atoms with Crippen LogP contribution in [0, 0.1) is 11.8 Å². The van der Waals surface area contributed by atoms with Gasteiger partial charge in [0.2, 0.25) is 0 Å². The normalized spacial score (nSPS) is 14.0. The molecule has 0 spiro atoms. The maximum absolute atomic E-state index is 13.1. The third-order valence-corrected chi connectivity index (χ3v) is 19.9. The fourth-order valence-electron chi connectivity index (χ4n) is 11.8. The Morgan fingerprint density at radius 1 is 0.281 bits per heavy atom. The molecule has 0 aliphatic carbocycles. The highest BCUT2D eigenvalue weighted by molar-refractivity contribution is 7.47. The molecule has 570 valence electrons. The lowest BCUT2D eigenvalue weighted by molar-refractivity contribution is -0.161. The summed E-state index contributed by atoms with van der Waals surface area (Å²) in [6.45, 7) is 9.54. The summed E-state index contributed by atoms with van der Waals surface area (Å²) < 4.78 is 68.5. The number of aliphatic hydroxyl groups is 1. The van der Waals surface area contributed by atoms with E-state index < -0.39 is 97.5 Å². The lowest BCUT2D eigenvalue weighted by atomic mass is 10.0. The van der Waals surface area contributed by atoms with Gasteiger partial charge in [-0.15, -0.1) is 0 Å². The van der Waals surface area contributed by atoms with Crippen LogP contribution in [0.15, 0.2) is 0 Å². The van der Waals surface area contributed by atoms with Gasteiger partial charge in [0.25, 0.3) is 0 Å². The van der Waals surface area contributed by atoms with E-state index >= 15 is 0 Å². The van der Waals surface area contributed by atoms with Crippen molar-refractivity contribution in [3.8, 4) is 0 Å². The van der Waals surface area contributed by atoms with E-state index in [4.69, 9.17) is 37.0 Å². The molecule has 5 atom stereocenters. The first-order chi connectivity index (χ1) is 46.4. The first-order valence-electron chi connectivity index (χ1n) is 40.0. The van der Waals surface area contributed by atoms with Crippen LogP contribution in [0.4, 0.5) is 0 Å². The number of phosphoric acid groups is 2. The van der Waals surface area contributed by atoms with Crippen molar-refractivity contribution in [2.75, 3.05) is 39.6 Å². The van der Waals surface area contributed by atoms with Gasteiger partial charge in [0.05, 0.1) is 26.4 Å². The van der Waals surface area contributed by atoms with E-state index in [2.05, 4.69) is 41.5 Å². The van der Waals surface area contributed by atoms with Gasteiger partial charge in [-0.1, -0.05) is 350 Å². The molecule has 0 amide bonds. The highest BCUT2D eigenvalue weighted by Gasteiger charge is 2.30. The van der Waals surface area contributed by atoms with E-state index in [-0.39, 0.29) is 25.7 Å². The zero-order valence-corrected chi connectivity index (χ0v) is 64.5. The van der Waals surface area contributed by atoms with E-state index in [1.54, 1.807) is 0 Å². The van der Waals surface area contributed by atoms with Crippen LogP contribution in [-0.2, 0) is 65.4 Å². The molecule has 0 aromatic rings. The predicted molar refractivity (Wildman–Crippen MR) is 391 cm³/mol. The number of rotatable bonds is 76. The number of phosphoric ester groups is 2. The highest BCUT2D eigenvalue weighted by Crippen LogP contribution is 2.45. The number of esters is 4. The van der Waals surface area contributed by atoms with Gasteiger partial charge >= 0.3 is 39.5 Å². The van der Waals surface area contributed by atoms with Crippen LogP contribution in [0.1, 0.15) is 401 Å². The summed E-state index contributed by atoms with van der Waals surface area (Å²) in [6.07, 6.45) is 57.1. The standard InChI is InChI=1S/C77H150O17P2/c1-7-9-11-13-15-17-19-20-21-22-23-24-25-30-34-38-42-50-56-62-77(82)93-72(65-87-74(79)59-53-47-40-36-33-29-27-26-28-32-35-39-45-51-57-69(3)4)67-91-95(83,84)89-63-71(78)64-90-96(85,86)92-68-73(66-88-75(80)60-54-48-44-43-46-52-58-70(5)6)94-76(81)61-55-49-41-37-31-18-16-14-12-10-8-2/h69-73,78H,7-68H2,1-6H3,(H,83,84)(H,85,86)/t71-,72-,73-/m1/s1. The first-order valence-corrected chi connectivity index (χ1v) is 43.0. The van der Waals surface area contributed by atoms with Gasteiger partial charge in [-0.05, 0) is 37.5 Å². The zero-order chi connectivity index (χ0) is 70.7. The average Bonchev–Trinajstić information content (AvgIpc) is 1.45. The molecule has 0 heterocycles. The van der Waals surface area contributed by atoms with Gasteiger partial charge in [0.1, 0.15) is 19.3 Å². The second-order valence-corrected chi connectivity index (χ2v) is 31.6. The van der Waals surface area contributed by atoms with Gasteiger partial charge in [-0.3, -0.25) is 37.3 Å². The van der Waals surface area contributed by atoms with Gasteiger partial charge in [-0.25, -0.2) is 9.13 Å². The summed E-state index contributed by atoms with van der Waals surface area (Å²) in [5.41, 5.74) is 0. The number of hydrogen-bond donors (Lipinski definition) is 3. The maximum Gasteiger partial charge on any atom is 0.472 e. The zero-order valence-electron chi connectivity index (χ0n) is 62.7. The fourth-order valence-corrected chi connectivity index (χ4v) is 13.4. The van der Waals surface area contributed by atoms with Crippen molar-refractivity contribution in [1.82, 2.24) is 0 Å². The minimum atomic E-state index is -4.96. The summed E-state index contributed by atoms with van der Waals surface area (Å²) in [7, 11) is -9.91. The minimum absolute atomic E-state index is 0.106. The third kappa shape index (κ3) is 70.5. The van der Waals surface area contributed by atoms with Crippen molar-refractivity contribution in [3.63, 3.8) is 0 Å². The van der Waals surface area contributed by atoms with Crippen LogP contribution in [-0.4, -0.2) is 96.7 Å². The van der Waals surface area contributed by atoms with Crippen LogP contribution >= 0.6 is 15.6 Å². The van der Waals surface area contributed by atoms with E-state index in [0.29, 0.717) is 31.6 Å². The van der Waals surface area contributed by atoms with Crippen molar-refractivity contribution < 1.29 is 80.2 Å². The Balaban J connectivity index is 5.21. The van der Waals surface area contributed by atoms with Crippen molar-refractivity contribution in [2.24, 2.45) is 11.8 Å². The Morgan fingerprint density at radius 2 is 0.479 bits per heavy atom. The Morgan fingerprint density at radius 3 is 0.708 bits per heavy atom.